The van der Waals surface area contributed by atoms with Crippen molar-refractivity contribution in [1.82, 2.24) is 0 Å². The van der Waals surface area contributed by atoms with E-state index in [9.17, 15) is 0 Å². The lowest BCUT2D eigenvalue weighted by Crippen LogP contribution is -2.25. The Hall–Kier alpha value is -1.58. The van der Waals surface area contributed by atoms with Crippen molar-refractivity contribution in [2.24, 2.45) is 5.73 Å². The van der Waals surface area contributed by atoms with Crippen molar-refractivity contribution in [3.8, 4) is 0 Å². The van der Waals surface area contributed by atoms with Gasteiger partial charge in [0, 0.05) is 23.3 Å². The van der Waals surface area contributed by atoms with Gasteiger partial charge in [-0.15, -0.1) is 0 Å². The van der Waals surface area contributed by atoms with Crippen molar-refractivity contribution in [3.63, 3.8) is 0 Å². The van der Waals surface area contributed by atoms with Gasteiger partial charge in [-0.2, -0.15) is 0 Å². The van der Waals surface area contributed by atoms with E-state index in [2.05, 4.69) is 11.8 Å². The third-order valence-corrected chi connectivity index (χ3v) is 3.95. The summed E-state index contributed by atoms with van der Waals surface area (Å²) in [5, 5.41) is 0.743. The molecule has 1 unspecified atom stereocenters. The number of hydrogen-bond donors (Lipinski definition) is 1. The Morgan fingerprint density at radius 3 is 2.35 bits per heavy atom. The van der Waals surface area contributed by atoms with Crippen LogP contribution in [0.2, 0.25) is 5.02 Å². The quantitative estimate of drug-likeness (QED) is 0.860. The fraction of sp³-hybridized carbons (Fsp3) is 0.188. The average Bonchev–Trinajstić information content (AvgIpc) is 2.46. The first-order valence-corrected chi connectivity index (χ1v) is 7.16. The van der Waals surface area contributed by atoms with Gasteiger partial charge in [0.15, 0.2) is 0 Å². The van der Waals surface area contributed by atoms with E-state index in [0.29, 0.717) is 4.99 Å². The maximum Gasteiger partial charge on any atom is 0.106 e. The van der Waals surface area contributed by atoms with Crippen molar-refractivity contribution in [2.75, 3.05) is 11.9 Å². The van der Waals surface area contributed by atoms with E-state index >= 15 is 0 Å². The molecule has 0 saturated carbocycles. The molecule has 0 aliphatic rings. The number of thiocarbonyl (C=S) groups is 1. The normalized spacial score (nSPS) is 11.9. The van der Waals surface area contributed by atoms with Crippen LogP contribution in [-0.4, -0.2) is 12.0 Å². The summed E-state index contributed by atoms with van der Waals surface area (Å²) in [5.74, 6) is 0. The van der Waals surface area contributed by atoms with Gasteiger partial charge in [-0.3, -0.25) is 0 Å². The van der Waals surface area contributed by atoms with Crippen molar-refractivity contribution >= 4 is 34.5 Å². The van der Waals surface area contributed by atoms with Gasteiger partial charge >= 0.3 is 0 Å². The minimum atomic E-state index is 0.197. The van der Waals surface area contributed by atoms with E-state index in [1.807, 2.05) is 55.6 Å². The van der Waals surface area contributed by atoms with E-state index in [4.69, 9.17) is 29.6 Å². The second-order valence-electron chi connectivity index (χ2n) is 4.72. The van der Waals surface area contributed by atoms with Gasteiger partial charge in [0.2, 0.25) is 0 Å². The van der Waals surface area contributed by atoms with Crippen LogP contribution in [-0.2, 0) is 0 Å². The van der Waals surface area contributed by atoms with Crippen molar-refractivity contribution < 1.29 is 0 Å². The molecule has 0 fully saturated rings. The van der Waals surface area contributed by atoms with Crippen LogP contribution in [0, 0.1) is 0 Å². The fourth-order valence-corrected chi connectivity index (χ4v) is 2.46. The summed E-state index contributed by atoms with van der Waals surface area (Å²) in [6.07, 6.45) is 0. The zero-order valence-corrected chi connectivity index (χ0v) is 13.1. The van der Waals surface area contributed by atoms with Gasteiger partial charge in [0.1, 0.15) is 4.99 Å². The van der Waals surface area contributed by atoms with Crippen molar-refractivity contribution in [2.45, 2.75) is 13.0 Å². The standard InChI is InChI=1S/C16H17ClN2S/c1-11(12-7-9-13(17)10-8-12)19(2)15-6-4-3-5-14(15)16(18)20/h3-11H,1-2H3,(H2,18,20). The molecule has 0 radical (unpaired) electrons. The number of nitrogens with two attached hydrogens (primary N) is 1. The van der Waals surface area contributed by atoms with E-state index in [-0.39, 0.29) is 6.04 Å². The van der Waals surface area contributed by atoms with Crippen LogP contribution in [0.1, 0.15) is 24.1 Å². The Bertz CT molecular complexity index is 610. The minimum absolute atomic E-state index is 0.197. The highest BCUT2D eigenvalue weighted by Crippen LogP contribution is 2.28. The maximum absolute atomic E-state index is 5.93. The molecule has 0 amide bonds. The molecule has 1 atom stereocenters. The van der Waals surface area contributed by atoms with E-state index in [0.717, 1.165) is 16.3 Å². The molecule has 2 aromatic carbocycles. The summed E-state index contributed by atoms with van der Waals surface area (Å²) in [5.41, 5.74) is 8.91. The fourth-order valence-electron chi connectivity index (χ4n) is 2.16. The summed E-state index contributed by atoms with van der Waals surface area (Å²) >= 11 is 11.1. The Kier molecular flexibility index (Phi) is 4.63. The van der Waals surface area contributed by atoms with Gasteiger partial charge < -0.3 is 10.6 Å². The van der Waals surface area contributed by atoms with Crippen LogP contribution in [0.5, 0.6) is 0 Å². The van der Waals surface area contributed by atoms with Crippen LogP contribution >= 0.6 is 23.8 Å². The first-order valence-electron chi connectivity index (χ1n) is 6.38. The highest BCUT2D eigenvalue weighted by atomic mass is 35.5. The number of nitrogens with zero attached hydrogens (tertiary/aromatic N) is 1. The Balaban J connectivity index is 2.33. The van der Waals surface area contributed by atoms with Crippen molar-refractivity contribution in [1.29, 1.82) is 0 Å². The van der Waals surface area contributed by atoms with Crippen LogP contribution in [0.25, 0.3) is 0 Å². The molecule has 0 spiro atoms. The Labute approximate surface area is 130 Å². The van der Waals surface area contributed by atoms with E-state index in [1.54, 1.807) is 0 Å². The SMILES string of the molecule is CC(c1ccc(Cl)cc1)N(C)c1ccccc1C(N)=S. The second-order valence-corrected chi connectivity index (χ2v) is 5.60. The molecular weight excluding hydrogens is 288 g/mol. The summed E-state index contributed by atoms with van der Waals surface area (Å²) in [4.78, 5) is 2.58. The Morgan fingerprint density at radius 1 is 1.15 bits per heavy atom. The number of benzene rings is 2. The molecule has 2 rings (SSSR count). The maximum atomic E-state index is 5.93. The first-order chi connectivity index (χ1) is 9.50. The molecule has 2 aromatic rings. The van der Waals surface area contributed by atoms with Crippen LogP contribution in [0.4, 0.5) is 5.69 Å². The molecule has 0 heterocycles. The van der Waals surface area contributed by atoms with E-state index < -0.39 is 0 Å². The third kappa shape index (κ3) is 3.11. The predicted molar refractivity (Wildman–Crippen MR) is 90.6 cm³/mol. The number of para-hydroxylation sites is 1. The highest BCUT2D eigenvalue weighted by molar-refractivity contribution is 7.80. The summed E-state index contributed by atoms with van der Waals surface area (Å²) in [6.45, 7) is 2.14. The molecule has 0 aliphatic heterocycles. The Morgan fingerprint density at radius 2 is 1.75 bits per heavy atom. The summed E-state index contributed by atoms with van der Waals surface area (Å²) in [6, 6.07) is 16.0. The van der Waals surface area contributed by atoms with Gasteiger partial charge in [0.25, 0.3) is 0 Å². The number of halogens is 1. The lowest BCUT2D eigenvalue weighted by molar-refractivity contribution is 0.739. The molecule has 104 valence electrons. The van der Waals surface area contributed by atoms with Gasteiger partial charge in [-0.05, 0) is 36.8 Å². The number of anilines is 1. The lowest BCUT2D eigenvalue weighted by Gasteiger charge is -2.29. The van der Waals surface area contributed by atoms with Crippen LogP contribution in [0.3, 0.4) is 0 Å². The van der Waals surface area contributed by atoms with E-state index in [1.165, 1.54) is 5.56 Å². The molecule has 0 saturated heterocycles. The highest BCUT2D eigenvalue weighted by Gasteiger charge is 2.15. The zero-order valence-electron chi connectivity index (χ0n) is 11.5. The largest absolute Gasteiger partial charge is 0.389 e. The summed E-state index contributed by atoms with van der Waals surface area (Å²) < 4.78 is 0. The van der Waals surface area contributed by atoms with Gasteiger partial charge in [-0.1, -0.05) is 48.1 Å². The third-order valence-electron chi connectivity index (χ3n) is 3.48. The second kappa shape index (κ2) is 6.25. The molecule has 0 aliphatic carbocycles. The molecule has 0 bridgehead atoms. The topological polar surface area (TPSA) is 29.3 Å². The summed E-state index contributed by atoms with van der Waals surface area (Å²) in [7, 11) is 2.04. The molecule has 2 N–H and O–H groups in total. The molecule has 2 nitrogen and oxygen atoms in total. The monoisotopic (exact) mass is 304 g/mol. The zero-order chi connectivity index (χ0) is 14.7. The molecule has 4 heteroatoms. The smallest absolute Gasteiger partial charge is 0.106 e. The first kappa shape index (κ1) is 14.8. The molecule has 20 heavy (non-hydrogen) atoms. The van der Waals surface area contributed by atoms with Crippen LogP contribution in [0.15, 0.2) is 48.5 Å². The lowest BCUT2D eigenvalue weighted by atomic mass is 10.1. The van der Waals surface area contributed by atoms with Gasteiger partial charge in [0.05, 0.1) is 6.04 Å². The van der Waals surface area contributed by atoms with Crippen molar-refractivity contribution in [3.05, 3.63) is 64.7 Å². The molecular formula is C16H17ClN2S. The molecule has 0 aromatic heterocycles. The average molecular weight is 305 g/mol. The number of rotatable bonds is 4. The van der Waals surface area contributed by atoms with Gasteiger partial charge in [-0.25, -0.2) is 0 Å². The predicted octanol–water partition coefficient (Wildman–Crippen LogP) is 4.17. The minimum Gasteiger partial charge on any atom is -0.389 e. The number of hydrogen-bond acceptors (Lipinski definition) is 2. The van der Waals surface area contributed by atoms with Crippen LogP contribution < -0.4 is 10.6 Å².